The van der Waals surface area contributed by atoms with Gasteiger partial charge in [0, 0.05) is 37.0 Å². The molecule has 0 spiro atoms. The molecule has 5 rings (SSSR count). The highest BCUT2D eigenvalue weighted by atomic mass is 19.1. The van der Waals surface area contributed by atoms with E-state index in [9.17, 15) is 18.0 Å². The Labute approximate surface area is 179 Å². The Morgan fingerprint density at radius 1 is 1.09 bits per heavy atom. The maximum atomic E-state index is 14.5. The minimum atomic E-state index is -1.23. The van der Waals surface area contributed by atoms with E-state index in [1.807, 2.05) is 6.07 Å². The second-order valence-electron chi connectivity index (χ2n) is 7.30. The molecule has 4 heterocycles. The third-order valence-electron chi connectivity index (χ3n) is 5.38. The lowest BCUT2D eigenvalue weighted by molar-refractivity contribution is 0.122. The van der Waals surface area contributed by atoms with Gasteiger partial charge in [-0.15, -0.1) is 0 Å². The molecule has 3 N–H and O–H groups in total. The molecule has 32 heavy (non-hydrogen) atoms. The summed E-state index contributed by atoms with van der Waals surface area (Å²) >= 11 is 0. The molecule has 0 amide bonds. The van der Waals surface area contributed by atoms with Crippen molar-refractivity contribution in [3.05, 3.63) is 64.5 Å². The number of ether oxygens (including phenoxy) is 1. The van der Waals surface area contributed by atoms with E-state index in [2.05, 4.69) is 20.1 Å². The number of nitrogens with two attached hydrogens (primary N) is 1. The van der Waals surface area contributed by atoms with Gasteiger partial charge in [-0.05, 0) is 12.1 Å². The Balaban J connectivity index is 1.69. The van der Waals surface area contributed by atoms with E-state index in [4.69, 9.17) is 10.5 Å². The van der Waals surface area contributed by atoms with E-state index in [1.165, 1.54) is 6.20 Å². The fourth-order valence-corrected chi connectivity index (χ4v) is 3.82. The molecule has 1 aliphatic rings. The van der Waals surface area contributed by atoms with Crippen LogP contribution in [0.3, 0.4) is 0 Å². The van der Waals surface area contributed by atoms with E-state index in [0.717, 1.165) is 23.3 Å². The Morgan fingerprint density at radius 2 is 1.81 bits per heavy atom. The molecule has 1 saturated heterocycles. The third-order valence-corrected chi connectivity index (χ3v) is 5.38. The number of H-pyrrole nitrogens is 1. The largest absolute Gasteiger partial charge is 0.382 e. The molecule has 0 unspecified atom stereocenters. The summed E-state index contributed by atoms with van der Waals surface area (Å²) in [6, 6.07) is 4.59. The van der Waals surface area contributed by atoms with Crippen molar-refractivity contribution in [2.45, 2.75) is 0 Å². The molecule has 0 saturated carbocycles. The molecule has 0 bridgehead atoms. The summed E-state index contributed by atoms with van der Waals surface area (Å²) in [6.45, 7) is 2.71. The minimum absolute atomic E-state index is 0.0512. The van der Waals surface area contributed by atoms with Gasteiger partial charge in [0.05, 0.1) is 36.3 Å². The van der Waals surface area contributed by atoms with Crippen molar-refractivity contribution in [2.75, 3.05) is 36.9 Å². The fraction of sp³-hybridized carbons (Fsp3) is 0.190. The lowest BCUT2D eigenvalue weighted by Gasteiger charge is -2.28. The van der Waals surface area contributed by atoms with E-state index in [0.29, 0.717) is 36.6 Å². The van der Waals surface area contributed by atoms with Crippen LogP contribution >= 0.6 is 0 Å². The first-order valence-electron chi connectivity index (χ1n) is 9.77. The predicted molar refractivity (Wildman–Crippen MR) is 112 cm³/mol. The van der Waals surface area contributed by atoms with Crippen LogP contribution in [0.1, 0.15) is 0 Å². The predicted octanol–water partition coefficient (Wildman–Crippen LogP) is 2.61. The van der Waals surface area contributed by atoms with Crippen LogP contribution in [0.2, 0.25) is 0 Å². The van der Waals surface area contributed by atoms with Gasteiger partial charge in [0.2, 0.25) is 0 Å². The number of benzene rings is 1. The number of nitrogens with one attached hydrogen (secondary N) is 1. The van der Waals surface area contributed by atoms with Crippen LogP contribution in [0.15, 0.2) is 41.5 Å². The zero-order chi connectivity index (χ0) is 22.4. The number of nitrogen functional groups attached to an aromatic ring is 1. The normalized spacial score (nSPS) is 14.3. The summed E-state index contributed by atoms with van der Waals surface area (Å²) in [7, 11) is 0. The number of halogens is 3. The van der Waals surface area contributed by atoms with E-state index < -0.39 is 28.7 Å². The number of rotatable bonds is 3. The molecule has 1 aromatic carbocycles. The smallest absolute Gasteiger partial charge is 0.268 e. The second kappa shape index (κ2) is 7.68. The highest BCUT2D eigenvalue weighted by molar-refractivity contribution is 5.97. The molecular formula is C21H17F3N6O2. The van der Waals surface area contributed by atoms with Gasteiger partial charge in [-0.1, -0.05) is 0 Å². The Kier molecular flexibility index (Phi) is 4.82. The van der Waals surface area contributed by atoms with Gasteiger partial charge in [0.15, 0.2) is 17.5 Å². The van der Waals surface area contributed by atoms with Gasteiger partial charge in [0.1, 0.15) is 16.9 Å². The summed E-state index contributed by atoms with van der Waals surface area (Å²) in [4.78, 5) is 19.6. The first-order chi connectivity index (χ1) is 15.4. The summed E-state index contributed by atoms with van der Waals surface area (Å²) in [6.07, 6.45) is 2.90. The number of fused-ring (bicyclic) bond motifs is 1. The molecule has 11 heteroatoms. The molecule has 0 atom stereocenters. The number of hydrogen-bond donors (Lipinski definition) is 2. The summed E-state index contributed by atoms with van der Waals surface area (Å²) < 4.78 is 48.5. The topological polar surface area (TPSA) is 102 Å². The van der Waals surface area contributed by atoms with Gasteiger partial charge in [-0.25, -0.2) is 13.2 Å². The molecule has 8 nitrogen and oxygen atoms in total. The molecule has 1 aliphatic heterocycles. The van der Waals surface area contributed by atoms with E-state index in [-0.39, 0.29) is 16.7 Å². The molecule has 4 aromatic rings. The molecular weight excluding hydrogens is 425 g/mol. The lowest BCUT2D eigenvalue weighted by atomic mass is 10.1. The van der Waals surface area contributed by atoms with Crippen molar-refractivity contribution >= 4 is 22.4 Å². The van der Waals surface area contributed by atoms with Crippen LogP contribution < -0.4 is 16.2 Å². The van der Waals surface area contributed by atoms with Gasteiger partial charge >= 0.3 is 0 Å². The zero-order valence-electron chi connectivity index (χ0n) is 16.6. The number of morpholine rings is 1. The summed E-state index contributed by atoms with van der Waals surface area (Å²) in [5.74, 6) is -3.69. The lowest BCUT2D eigenvalue weighted by Crippen LogP contribution is -2.36. The van der Waals surface area contributed by atoms with Crippen LogP contribution in [0, 0.1) is 17.5 Å². The Bertz CT molecular complexity index is 1350. The van der Waals surface area contributed by atoms with Gasteiger partial charge < -0.3 is 15.4 Å². The zero-order valence-corrected chi connectivity index (χ0v) is 16.6. The van der Waals surface area contributed by atoms with Crippen LogP contribution in [0.4, 0.5) is 24.7 Å². The molecule has 164 valence electrons. The first-order valence-corrected chi connectivity index (χ1v) is 9.77. The van der Waals surface area contributed by atoms with Crippen LogP contribution in [-0.2, 0) is 4.74 Å². The van der Waals surface area contributed by atoms with Crippen LogP contribution in [0.25, 0.3) is 27.8 Å². The monoisotopic (exact) mass is 442 g/mol. The maximum absolute atomic E-state index is 14.5. The van der Waals surface area contributed by atoms with Crippen molar-refractivity contribution in [1.82, 2.24) is 19.7 Å². The fourth-order valence-electron chi connectivity index (χ4n) is 3.82. The standard InChI is InChI=1S/C21H17F3N6O2/c22-11-7-14(23)19(15(24)8-11)30-10-13(18-17(21(30)31)20(25)28-27-18)16-2-1-12(9-26-16)29-3-5-32-6-4-29/h1-2,7-10H,3-6H2,(H3,25,27,28). The summed E-state index contributed by atoms with van der Waals surface area (Å²) in [5, 5.41) is 6.51. The average Bonchev–Trinajstić information content (AvgIpc) is 3.17. The summed E-state index contributed by atoms with van der Waals surface area (Å²) in [5.41, 5.74) is 6.27. The number of nitrogens with zero attached hydrogens (tertiary/aromatic N) is 4. The van der Waals surface area contributed by atoms with Crippen LogP contribution in [-0.4, -0.2) is 46.1 Å². The number of aromatic amines is 1. The van der Waals surface area contributed by atoms with Gasteiger partial charge in [-0.3, -0.25) is 19.4 Å². The van der Waals surface area contributed by atoms with Crippen molar-refractivity contribution in [1.29, 1.82) is 0 Å². The van der Waals surface area contributed by atoms with Crippen molar-refractivity contribution in [3.8, 4) is 16.9 Å². The number of hydrogen-bond acceptors (Lipinski definition) is 6. The molecule has 0 aliphatic carbocycles. The maximum Gasteiger partial charge on any atom is 0.268 e. The van der Waals surface area contributed by atoms with Crippen molar-refractivity contribution in [2.24, 2.45) is 0 Å². The minimum Gasteiger partial charge on any atom is -0.382 e. The quantitative estimate of drug-likeness (QED) is 0.506. The van der Waals surface area contributed by atoms with Gasteiger partial charge in [0.25, 0.3) is 5.56 Å². The van der Waals surface area contributed by atoms with Crippen molar-refractivity contribution in [3.63, 3.8) is 0 Å². The molecule has 3 aromatic heterocycles. The number of pyridine rings is 2. The SMILES string of the molecule is Nc1n[nH]c2c(-c3ccc(N4CCOCC4)cn3)cn(-c3c(F)cc(F)cc3F)c(=O)c12. The number of anilines is 2. The highest BCUT2D eigenvalue weighted by Crippen LogP contribution is 2.29. The second-order valence-corrected chi connectivity index (χ2v) is 7.30. The number of aromatic nitrogens is 4. The van der Waals surface area contributed by atoms with Crippen molar-refractivity contribution < 1.29 is 17.9 Å². The molecule has 1 fully saturated rings. The van der Waals surface area contributed by atoms with E-state index in [1.54, 1.807) is 12.3 Å². The van der Waals surface area contributed by atoms with Crippen LogP contribution in [0.5, 0.6) is 0 Å². The highest BCUT2D eigenvalue weighted by Gasteiger charge is 2.22. The Morgan fingerprint density at radius 3 is 2.47 bits per heavy atom. The Hall–Kier alpha value is -3.86. The average molecular weight is 442 g/mol. The third kappa shape index (κ3) is 3.26. The first kappa shape index (κ1) is 20.1. The van der Waals surface area contributed by atoms with Gasteiger partial charge in [-0.2, -0.15) is 5.10 Å². The molecule has 0 radical (unpaired) electrons. The van der Waals surface area contributed by atoms with E-state index >= 15 is 0 Å².